The lowest BCUT2D eigenvalue weighted by Gasteiger charge is -2.62. The van der Waals surface area contributed by atoms with Gasteiger partial charge in [0.25, 0.3) is 0 Å². The fraction of sp³-hybridized carbons (Fsp3) is 0.943. The molecule has 0 aliphatic heterocycles. The summed E-state index contributed by atoms with van der Waals surface area (Å²) >= 11 is 0. The van der Waals surface area contributed by atoms with Crippen LogP contribution in [-0.4, -0.2) is 34.9 Å². The summed E-state index contributed by atoms with van der Waals surface area (Å²) in [4.78, 5) is 25.2. The molecule has 40 heavy (non-hydrogen) atoms. The van der Waals surface area contributed by atoms with Crippen molar-refractivity contribution in [3.63, 3.8) is 0 Å². The van der Waals surface area contributed by atoms with E-state index in [0.717, 1.165) is 64.2 Å². The van der Waals surface area contributed by atoms with Crippen molar-refractivity contribution in [1.82, 2.24) is 0 Å². The summed E-state index contributed by atoms with van der Waals surface area (Å²) in [6, 6.07) is 0. The Hall–Kier alpha value is -1.10. The Labute approximate surface area is 243 Å². The number of hydrogen-bond donors (Lipinski definition) is 1. The van der Waals surface area contributed by atoms with Gasteiger partial charge in [-0.25, -0.2) is 0 Å². The predicted molar refractivity (Wildman–Crippen MR) is 157 cm³/mol. The maximum absolute atomic E-state index is 12.7. The quantitative estimate of drug-likeness (QED) is 0.307. The van der Waals surface area contributed by atoms with E-state index in [2.05, 4.69) is 27.7 Å². The standard InChI is InChI=1S/C35H58O5/c1-7-22(2)32(38)39-25-16-19-34(5)24(20-25)11-12-26-28-14-13-27(35(28,6)30(36)21-29(26)34)23(3)10-15-31(37)40-33(4)17-8-9-18-33/h22-30,36H,7-21H2,1-6H3. The first kappa shape index (κ1) is 30.4. The third-order valence-corrected chi connectivity index (χ3v) is 13.6. The van der Waals surface area contributed by atoms with Gasteiger partial charge in [-0.2, -0.15) is 0 Å². The Balaban J connectivity index is 1.21. The summed E-state index contributed by atoms with van der Waals surface area (Å²) in [5.41, 5.74) is -0.0779. The number of ether oxygens (including phenoxy) is 2. The van der Waals surface area contributed by atoms with Gasteiger partial charge in [0.2, 0.25) is 0 Å². The van der Waals surface area contributed by atoms with E-state index in [4.69, 9.17) is 9.47 Å². The molecule has 0 radical (unpaired) electrons. The Bertz CT molecular complexity index is 925. The van der Waals surface area contributed by atoms with Crippen LogP contribution in [0.4, 0.5) is 0 Å². The van der Waals surface area contributed by atoms with E-state index in [0.29, 0.717) is 41.9 Å². The van der Waals surface area contributed by atoms with Gasteiger partial charge >= 0.3 is 11.9 Å². The molecular weight excluding hydrogens is 500 g/mol. The fourth-order valence-electron chi connectivity index (χ4n) is 10.8. The Morgan fingerprint density at radius 1 is 0.925 bits per heavy atom. The number of carbonyl (C=O) groups excluding carboxylic acids is 2. The molecular formula is C35H58O5. The van der Waals surface area contributed by atoms with Gasteiger partial charge in [-0.3, -0.25) is 9.59 Å². The van der Waals surface area contributed by atoms with Crippen LogP contribution in [0.3, 0.4) is 0 Å². The van der Waals surface area contributed by atoms with Crippen LogP contribution in [-0.2, 0) is 19.1 Å². The Kier molecular flexibility index (Phi) is 8.75. The summed E-state index contributed by atoms with van der Waals surface area (Å²) in [6.07, 6.45) is 15.1. The summed E-state index contributed by atoms with van der Waals surface area (Å²) in [5.74, 6) is 3.18. The molecule has 5 saturated carbocycles. The highest BCUT2D eigenvalue weighted by molar-refractivity contribution is 5.72. The highest BCUT2D eigenvalue weighted by atomic mass is 16.6. The second-order valence-corrected chi connectivity index (χ2v) is 15.7. The number of esters is 2. The van der Waals surface area contributed by atoms with Crippen LogP contribution in [0.25, 0.3) is 0 Å². The van der Waals surface area contributed by atoms with Gasteiger partial charge in [0, 0.05) is 6.42 Å². The number of carbonyl (C=O) groups is 2. The van der Waals surface area contributed by atoms with Gasteiger partial charge < -0.3 is 14.6 Å². The normalized spacial score (nSPS) is 43.6. The van der Waals surface area contributed by atoms with Crippen molar-refractivity contribution in [2.24, 2.45) is 52.3 Å². The predicted octanol–water partition coefficient (Wildman–Crippen LogP) is 7.87. The molecule has 0 saturated heterocycles. The molecule has 5 fully saturated rings. The zero-order valence-corrected chi connectivity index (χ0v) is 26.4. The minimum absolute atomic E-state index is 0.0193. The average Bonchev–Trinajstić information content (AvgIpc) is 3.51. The second kappa shape index (κ2) is 11.5. The molecule has 5 aliphatic carbocycles. The lowest BCUT2D eigenvalue weighted by molar-refractivity contribution is -0.183. The number of hydrogen-bond acceptors (Lipinski definition) is 5. The van der Waals surface area contributed by atoms with Crippen LogP contribution in [0.15, 0.2) is 0 Å². The minimum atomic E-state index is -0.283. The van der Waals surface area contributed by atoms with Crippen LogP contribution < -0.4 is 0 Å². The number of rotatable bonds is 8. The van der Waals surface area contributed by atoms with Gasteiger partial charge in [-0.15, -0.1) is 0 Å². The van der Waals surface area contributed by atoms with Crippen molar-refractivity contribution >= 4 is 11.9 Å². The van der Waals surface area contributed by atoms with E-state index in [1.165, 1.54) is 25.7 Å². The highest BCUT2D eigenvalue weighted by Crippen LogP contribution is 2.68. The molecule has 5 nitrogen and oxygen atoms in total. The van der Waals surface area contributed by atoms with E-state index in [1.54, 1.807) is 0 Å². The maximum Gasteiger partial charge on any atom is 0.308 e. The topological polar surface area (TPSA) is 72.8 Å². The molecule has 0 spiro atoms. The Morgan fingerprint density at radius 3 is 2.35 bits per heavy atom. The first-order chi connectivity index (χ1) is 18.9. The average molecular weight is 559 g/mol. The highest BCUT2D eigenvalue weighted by Gasteiger charge is 2.63. The third kappa shape index (κ3) is 5.39. The second-order valence-electron chi connectivity index (χ2n) is 15.7. The molecule has 228 valence electrons. The summed E-state index contributed by atoms with van der Waals surface area (Å²) in [6.45, 7) is 13.3. The van der Waals surface area contributed by atoms with E-state index >= 15 is 0 Å². The zero-order valence-electron chi connectivity index (χ0n) is 26.4. The molecule has 0 aromatic heterocycles. The molecule has 11 unspecified atom stereocenters. The van der Waals surface area contributed by atoms with E-state index in [9.17, 15) is 14.7 Å². The monoisotopic (exact) mass is 558 g/mol. The molecule has 0 heterocycles. The first-order valence-electron chi connectivity index (χ1n) is 17.0. The van der Waals surface area contributed by atoms with Gasteiger partial charge in [0.1, 0.15) is 11.7 Å². The largest absolute Gasteiger partial charge is 0.462 e. The fourth-order valence-corrected chi connectivity index (χ4v) is 10.8. The van der Waals surface area contributed by atoms with Crippen LogP contribution in [0, 0.1) is 52.3 Å². The summed E-state index contributed by atoms with van der Waals surface area (Å²) in [5, 5.41) is 11.9. The van der Waals surface area contributed by atoms with Gasteiger partial charge in [-0.05, 0) is 143 Å². The summed E-state index contributed by atoms with van der Waals surface area (Å²) in [7, 11) is 0. The molecule has 5 rings (SSSR count). The number of aliphatic hydroxyl groups is 1. The van der Waals surface area contributed by atoms with E-state index in [1.807, 2.05) is 13.8 Å². The molecule has 5 aliphatic rings. The molecule has 0 bridgehead atoms. The van der Waals surface area contributed by atoms with Crippen molar-refractivity contribution in [1.29, 1.82) is 0 Å². The third-order valence-electron chi connectivity index (χ3n) is 13.6. The van der Waals surface area contributed by atoms with Crippen LogP contribution in [0.2, 0.25) is 0 Å². The molecule has 5 heteroatoms. The number of aliphatic hydroxyl groups excluding tert-OH is 1. The van der Waals surface area contributed by atoms with Gasteiger partial charge in [0.15, 0.2) is 0 Å². The van der Waals surface area contributed by atoms with Crippen LogP contribution in [0.1, 0.15) is 138 Å². The lowest BCUT2D eigenvalue weighted by Crippen LogP contribution is -2.59. The molecule has 0 aromatic rings. The van der Waals surface area contributed by atoms with Crippen molar-refractivity contribution in [2.45, 2.75) is 156 Å². The molecule has 0 aromatic carbocycles. The molecule has 1 N–H and O–H groups in total. The zero-order chi connectivity index (χ0) is 28.9. The van der Waals surface area contributed by atoms with E-state index < -0.39 is 0 Å². The van der Waals surface area contributed by atoms with Crippen LogP contribution >= 0.6 is 0 Å². The number of fused-ring (bicyclic) bond motifs is 5. The van der Waals surface area contributed by atoms with Gasteiger partial charge in [0.05, 0.1) is 12.0 Å². The SMILES string of the molecule is CCC(C)C(=O)OC1CCC2(C)C(CCC3C2CC(O)C2(C)C(C(C)CCC(=O)OC4(C)CCCC4)CCC32)C1. The van der Waals surface area contributed by atoms with Gasteiger partial charge in [-0.1, -0.05) is 34.6 Å². The van der Waals surface area contributed by atoms with Crippen molar-refractivity contribution in [2.75, 3.05) is 0 Å². The molecule has 11 atom stereocenters. The van der Waals surface area contributed by atoms with Crippen molar-refractivity contribution in [3.05, 3.63) is 0 Å². The summed E-state index contributed by atoms with van der Waals surface area (Å²) < 4.78 is 11.9. The van der Waals surface area contributed by atoms with Crippen molar-refractivity contribution < 1.29 is 24.2 Å². The van der Waals surface area contributed by atoms with Crippen LogP contribution in [0.5, 0.6) is 0 Å². The first-order valence-corrected chi connectivity index (χ1v) is 17.0. The van der Waals surface area contributed by atoms with E-state index in [-0.39, 0.29) is 46.5 Å². The smallest absolute Gasteiger partial charge is 0.308 e. The minimum Gasteiger partial charge on any atom is -0.462 e. The molecule has 0 amide bonds. The Morgan fingerprint density at radius 2 is 1.65 bits per heavy atom. The lowest BCUT2D eigenvalue weighted by atomic mass is 9.43. The maximum atomic E-state index is 12.7. The van der Waals surface area contributed by atoms with Crippen molar-refractivity contribution in [3.8, 4) is 0 Å².